The zero-order valence-corrected chi connectivity index (χ0v) is 18.6. The van der Waals surface area contributed by atoms with Crippen LogP contribution < -0.4 is 0 Å². The smallest absolute Gasteiger partial charge is 0.169 e. The fraction of sp³-hybridized carbons (Fsp3) is 0.143. The van der Waals surface area contributed by atoms with E-state index in [0.717, 1.165) is 28.9 Å². The molecule has 2 aromatic carbocycles. The van der Waals surface area contributed by atoms with Crippen molar-refractivity contribution in [3.63, 3.8) is 0 Å². The SMILES string of the molecule is O=C(/C=C/c1ccc(-n2cccn2)cc1)C1CCC/C(=C\c2ccc(-n3cccn3)cc2)C1=O. The largest absolute Gasteiger partial charge is 0.294 e. The normalized spacial score (nSPS) is 17.5. The number of allylic oxidation sites excluding steroid dienone is 2. The Morgan fingerprint density at radius 3 is 2.00 bits per heavy atom. The van der Waals surface area contributed by atoms with Gasteiger partial charge in [-0.05, 0) is 84.5 Å². The summed E-state index contributed by atoms with van der Waals surface area (Å²) in [5, 5.41) is 8.44. The molecule has 0 N–H and O–H groups in total. The lowest BCUT2D eigenvalue weighted by Gasteiger charge is -2.21. The first kappa shape index (κ1) is 21.5. The number of hydrogen-bond donors (Lipinski definition) is 0. The number of Topliss-reactive ketones (excluding diaryl/α,β-unsaturated/α-hetero) is 1. The van der Waals surface area contributed by atoms with Crippen LogP contribution in [0.3, 0.4) is 0 Å². The summed E-state index contributed by atoms with van der Waals surface area (Å²) in [6, 6.07) is 19.4. The van der Waals surface area contributed by atoms with Gasteiger partial charge in [-0.25, -0.2) is 9.36 Å². The van der Waals surface area contributed by atoms with E-state index in [0.29, 0.717) is 18.4 Å². The van der Waals surface area contributed by atoms with Crippen molar-refractivity contribution in [1.29, 1.82) is 0 Å². The molecule has 0 aliphatic heterocycles. The zero-order valence-electron chi connectivity index (χ0n) is 18.6. The van der Waals surface area contributed by atoms with Gasteiger partial charge in [0, 0.05) is 24.8 Å². The van der Waals surface area contributed by atoms with E-state index in [-0.39, 0.29) is 11.6 Å². The van der Waals surface area contributed by atoms with E-state index in [1.165, 1.54) is 6.08 Å². The van der Waals surface area contributed by atoms with Crippen LogP contribution >= 0.6 is 0 Å². The van der Waals surface area contributed by atoms with Crippen molar-refractivity contribution < 1.29 is 9.59 Å². The summed E-state index contributed by atoms with van der Waals surface area (Å²) >= 11 is 0. The number of ketones is 2. The second-order valence-corrected chi connectivity index (χ2v) is 8.30. The fourth-order valence-electron chi connectivity index (χ4n) is 4.19. The third kappa shape index (κ3) is 4.71. The van der Waals surface area contributed by atoms with Crippen LogP contribution in [0, 0.1) is 5.92 Å². The molecule has 0 saturated heterocycles. The Morgan fingerprint density at radius 2 is 1.44 bits per heavy atom. The van der Waals surface area contributed by atoms with Gasteiger partial charge < -0.3 is 0 Å². The molecular weight excluding hydrogens is 424 g/mol. The summed E-state index contributed by atoms with van der Waals surface area (Å²) < 4.78 is 3.56. The molecule has 1 aliphatic carbocycles. The Kier molecular flexibility index (Phi) is 6.12. The van der Waals surface area contributed by atoms with Crippen LogP contribution in [0.1, 0.15) is 30.4 Å². The van der Waals surface area contributed by atoms with Crippen molar-refractivity contribution in [2.24, 2.45) is 5.92 Å². The van der Waals surface area contributed by atoms with Crippen LogP contribution in [0.5, 0.6) is 0 Å². The number of rotatable bonds is 6. The van der Waals surface area contributed by atoms with Gasteiger partial charge in [-0.2, -0.15) is 10.2 Å². The highest BCUT2D eigenvalue weighted by atomic mass is 16.1. The van der Waals surface area contributed by atoms with E-state index in [9.17, 15) is 9.59 Å². The summed E-state index contributed by atoms with van der Waals surface area (Å²) in [6.45, 7) is 0. The summed E-state index contributed by atoms with van der Waals surface area (Å²) in [5.74, 6) is -0.810. The third-order valence-electron chi connectivity index (χ3n) is 6.02. The number of aromatic nitrogens is 4. The number of carbonyl (C=O) groups is 2. The Morgan fingerprint density at radius 1 is 0.853 bits per heavy atom. The topological polar surface area (TPSA) is 69.8 Å². The van der Waals surface area contributed by atoms with Gasteiger partial charge in [-0.15, -0.1) is 0 Å². The van der Waals surface area contributed by atoms with Crippen LogP contribution in [0.2, 0.25) is 0 Å². The van der Waals surface area contributed by atoms with Crippen LogP contribution in [0.15, 0.2) is 97.1 Å². The molecule has 0 bridgehead atoms. The Labute approximate surface area is 197 Å². The monoisotopic (exact) mass is 448 g/mol. The van der Waals surface area contributed by atoms with Gasteiger partial charge in [0.25, 0.3) is 0 Å². The number of carbonyl (C=O) groups excluding carboxylic acids is 2. The minimum Gasteiger partial charge on any atom is -0.294 e. The predicted molar refractivity (Wildman–Crippen MR) is 131 cm³/mol. The molecule has 6 heteroatoms. The molecule has 6 nitrogen and oxygen atoms in total. The van der Waals surface area contributed by atoms with Crippen LogP contribution in [0.4, 0.5) is 0 Å². The lowest BCUT2D eigenvalue weighted by Crippen LogP contribution is -2.27. The molecule has 2 aromatic heterocycles. The molecule has 1 fully saturated rings. The number of hydrogen-bond acceptors (Lipinski definition) is 4. The molecule has 1 saturated carbocycles. The van der Waals surface area contributed by atoms with Crippen molar-refractivity contribution in [1.82, 2.24) is 19.6 Å². The quantitative estimate of drug-likeness (QED) is 0.304. The van der Waals surface area contributed by atoms with E-state index < -0.39 is 5.92 Å². The maximum atomic E-state index is 13.1. The Balaban J connectivity index is 1.26. The first-order valence-corrected chi connectivity index (χ1v) is 11.3. The second kappa shape index (κ2) is 9.67. The van der Waals surface area contributed by atoms with E-state index in [1.807, 2.05) is 79.1 Å². The van der Waals surface area contributed by atoms with E-state index in [2.05, 4.69) is 10.2 Å². The van der Waals surface area contributed by atoms with E-state index in [4.69, 9.17) is 0 Å². The van der Waals surface area contributed by atoms with Gasteiger partial charge in [-0.1, -0.05) is 30.3 Å². The molecule has 0 spiro atoms. The maximum absolute atomic E-state index is 13.1. The minimum atomic E-state index is -0.608. The predicted octanol–water partition coefficient (Wildman–Crippen LogP) is 5.09. The van der Waals surface area contributed by atoms with E-state index >= 15 is 0 Å². The van der Waals surface area contributed by atoms with Crippen LogP contribution in [0.25, 0.3) is 23.5 Å². The van der Waals surface area contributed by atoms with Crippen LogP contribution in [-0.4, -0.2) is 31.1 Å². The Bertz CT molecular complexity index is 1330. The van der Waals surface area contributed by atoms with Gasteiger partial charge in [0.2, 0.25) is 0 Å². The molecule has 2 heterocycles. The molecule has 1 unspecified atom stereocenters. The maximum Gasteiger partial charge on any atom is 0.169 e. The lowest BCUT2D eigenvalue weighted by atomic mass is 9.81. The summed E-state index contributed by atoms with van der Waals surface area (Å²) in [4.78, 5) is 25.9. The molecular formula is C28H24N4O2. The third-order valence-corrected chi connectivity index (χ3v) is 6.02. The van der Waals surface area contributed by atoms with Gasteiger partial charge in [-0.3, -0.25) is 9.59 Å². The number of benzene rings is 2. The first-order valence-electron chi connectivity index (χ1n) is 11.3. The highest BCUT2D eigenvalue weighted by Crippen LogP contribution is 2.28. The van der Waals surface area contributed by atoms with Crippen molar-refractivity contribution in [2.45, 2.75) is 19.3 Å². The molecule has 1 aliphatic rings. The average molecular weight is 449 g/mol. The molecule has 168 valence electrons. The summed E-state index contributed by atoms with van der Waals surface area (Å²) in [6.07, 6.45) is 14.6. The molecule has 0 radical (unpaired) electrons. The van der Waals surface area contributed by atoms with Crippen molar-refractivity contribution in [3.8, 4) is 11.4 Å². The summed E-state index contributed by atoms with van der Waals surface area (Å²) in [7, 11) is 0. The fourth-order valence-corrected chi connectivity index (χ4v) is 4.19. The molecule has 34 heavy (non-hydrogen) atoms. The number of nitrogens with zero attached hydrogens (tertiary/aromatic N) is 4. The molecule has 1 atom stereocenters. The lowest BCUT2D eigenvalue weighted by molar-refractivity contribution is -0.129. The zero-order chi connectivity index (χ0) is 23.3. The van der Waals surface area contributed by atoms with Gasteiger partial charge in [0.05, 0.1) is 17.3 Å². The molecule has 0 amide bonds. The van der Waals surface area contributed by atoms with Crippen molar-refractivity contribution >= 4 is 23.7 Å². The van der Waals surface area contributed by atoms with Gasteiger partial charge in [0.15, 0.2) is 11.6 Å². The van der Waals surface area contributed by atoms with Crippen molar-refractivity contribution in [2.75, 3.05) is 0 Å². The average Bonchev–Trinajstić information content (AvgIpc) is 3.60. The first-order chi connectivity index (χ1) is 16.7. The Hall–Kier alpha value is -4.32. The second-order valence-electron chi connectivity index (χ2n) is 8.30. The standard InChI is InChI=1S/C28H24N4O2/c33-27(15-10-21-6-11-24(12-7-21)31-18-2-16-29-31)26-5-1-4-23(28(26)34)20-22-8-13-25(14-9-22)32-19-3-17-30-32/h2-3,6-20,26H,1,4-5H2/b15-10+,23-20+. The van der Waals surface area contributed by atoms with Gasteiger partial charge in [0.1, 0.15) is 0 Å². The molecule has 5 rings (SSSR count). The highest BCUT2D eigenvalue weighted by Gasteiger charge is 2.30. The highest BCUT2D eigenvalue weighted by molar-refractivity contribution is 6.16. The van der Waals surface area contributed by atoms with E-state index in [1.54, 1.807) is 27.8 Å². The minimum absolute atomic E-state index is 0.0638. The van der Waals surface area contributed by atoms with Crippen molar-refractivity contribution in [3.05, 3.63) is 108 Å². The molecule has 4 aromatic rings. The van der Waals surface area contributed by atoms with Crippen LogP contribution in [-0.2, 0) is 9.59 Å². The summed E-state index contributed by atoms with van der Waals surface area (Å²) in [5.41, 5.74) is 4.47. The van der Waals surface area contributed by atoms with Gasteiger partial charge >= 0.3 is 0 Å².